The zero-order chi connectivity index (χ0) is 14.5. The van der Waals surface area contributed by atoms with E-state index in [0.717, 1.165) is 24.2 Å². The molecule has 0 fully saturated rings. The molecule has 1 aromatic rings. The van der Waals surface area contributed by atoms with E-state index in [9.17, 15) is 4.79 Å². The molecule has 1 unspecified atom stereocenters. The monoisotopic (exact) mass is 263 g/mol. The Labute approximate surface area is 116 Å². The quantitative estimate of drug-likeness (QED) is 0.829. The molecule has 0 amide bonds. The van der Waals surface area contributed by atoms with E-state index in [1.807, 2.05) is 24.3 Å². The van der Waals surface area contributed by atoms with Crippen LogP contribution in [0.1, 0.15) is 38.8 Å². The van der Waals surface area contributed by atoms with Crippen molar-refractivity contribution in [3.8, 4) is 0 Å². The first-order valence-electron chi connectivity index (χ1n) is 6.80. The first-order valence-corrected chi connectivity index (χ1v) is 6.80. The second-order valence-electron chi connectivity index (χ2n) is 6.24. The molecular formula is C16H25NO2. The van der Waals surface area contributed by atoms with Crippen LogP contribution >= 0.6 is 0 Å². The van der Waals surface area contributed by atoms with E-state index in [0.29, 0.717) is 5.92 Å². The normalized spacial score (nSPS) is 13.3. The second-order valence-corrected chi connectivity index (χ2v) is 6.24. The van der Waals surface area contributed by atoms with Crippen molar-refractivity contribution in [3.05, 3.63) is 35.4 Å². The number of rotatable bonds is 6. The summed E-state index contributed by atoms with van der Waals surface area (Å²) in [6.07, 6.45) is 0.0900. The van der Waals surface area contributed by atoms with Gasteiger partial charge in [0.25, 0.3) is 0 Å². The molecule has 1 aromatic carbocycles. The lowest BCUT2D eigenvalue weighted by Gasteiger charge is -2.27. The van der Waals surface area contributed by atoms with Crippen molar-refractivity contribution in [2.45, 2.75) is 40.7 Å². The molecule has 2 N–H and O–H groups in total. The molecule has 0 saturated heterocycles. The van der Waals surface area contributed by atoms with Crippen LogP contribution < -0.4 is 5.32 Å². The fourth-order valence-electron chi connectivity index (χ4n) is 1.79. The van der Waals surface area contributed by atoms with Gasteiger partial charge in [-0.2, -0.15) is 0 Å². The van der Waals surface area contributed by atoms with E-state index >= 15 is 0 Å². The van der Waals surface area contributed by atoms with Crippen molar-refractivity contribution < 1.29 is 9.90 Å². The molecular weight excluding hydrogens is 238 g/mol. The first-order chi connectivity index (χ1) is 8.80. The predicted molar refractivity (Wildman–Crippen MR) is 78.1 cm³/mol. The number of aliphatic carboxylic acids is 1. The molecule has 0 bridgehead atoms. The van der Waals surface area contributed by atoms with Gasteiger partial charge >= 0.3 is 5.97 Å². The van der Waals surface area contributed by atoms with Crippen LogP contribution in [0.15, 0.2) is 24.3 Å². The van der Waals surface area contributed by atoms with Crippen molar-refractivity contribution in [3.63, 3.8) is 0 Å². The zero-order valence-corrected chi connectivity index (χ0v) is 12.4. The second kappa shape index (κ2) is 6.71. The van der Waals surface area contributed by atoms with Gasteiger partial charge in [0.05, 0.1) is 6.42 Å². The molecule has 1 atom stereocenters. The summed E-state index contributed by atoms with van der Waals surface area (Å²) in [5, 5.41) is 12.3. The highest BCUT2D eigenvalue weighted by Gasteiger charge is 2.19. The van der Waals surface area contributed by atoms with Crippen molar-refractivity contribution in [2.24, 2.45) is 11.3 Å². The van der Waals surface area contributed by atoms with Crippen LogP contribution in [0.5, 0.6) is 0 Å². The van der Waals surface area contributed by atoms with Crippen LogP contribution in [0.3, 0.4) is 0 Å². The summed E-state index contributed by atoms with van der Waals surface area (Å²) < 4.78 is 0. The van der Waals surface area contributed by atoms with E-state index in [-0.39, 0.29) is 11.8 Å². The molecule has 1 rings (SSSR count). The van der Waals surface area contributed by atoms with Crippen molar-refractivity contribution in [1.29, 1.82) is 0 Å². The Hall–Kier alpha value is -1.35. The number of nitrogens with one attached hydrogen (secondary N) is 1. The lowest BCUT2D eigenvalue weighted by molar-refractivity contribution is -0.136. The highest BCUT2D eigenvalue weighted by Crippen LogP contribution is 2.24. The van der Waals surface area contributed by atoms with Gasteiger partial charge in [-0.3, -0.25) is 4.79 Å². The molecule has 3 nitrogen and oxygen atoms in total. The fraction of sp³-hybridized carbons (Fsp3) is 0.562. The minimum absolute atomic E-state index is 0.0900. The molecule has 0 aliphatic carbocycles. The van der Waals surface area contributed by atoms with Gasteiger partial charge in [-0.15, -0.1) is 0 Å². The smallest absolute Gasteiger partial charge is 0.307 e. The molecule has 19 heavy (non-hydrogen) atoms. The standard InChI is InChI=1S/C16H25NO2/c1-12(16(2,3)4)10-17-11-14-8-6-5-7-13(14)9-15(18)19/h5-8,12,17H,9-11H2,1-4H3,(H,18,19). The zero-order valence-electron chi connectivity index (χ0n) is 12.4. The summed E-state index contributed by atoms with van der Waals surface area (Å²) in [6.45, 7) is 10.6. The third-order valence-corrected chi connectivity index (χ3v) is 3.70. The third kappa shape index (κ3) is 5.43. The van der Waals surface area contributed by atoms with E-state index in [1.165, 1.54) is 0 Å². The fourth-order valence-corrected chi connectivity index (χ4v) is 1.79. The van der Waals surface area contributed by atoms with Crippen LogP contribution in [0.25, 0.3) is 0 Å². The maximum Gasteiger partial charge on any atom is 0.307 e. The summed E-state index contributed by atoms with van der Waals surface area (Å²) in [5.74, 6) is -0.213. The van der Waals surface area contributed by atoms with E-state index < -0.39 is 5.97 Å². The van der Waals surface area contributed by atoms with Gasteiger partial charge in [0.2, 0.25) is 0 Å². The number of benzene rings is 1. The largest absolute Gasteiger partial charge is 0.481 e. The van der Waals surface area contributed by atoms with Crippen LogP contribution in [-0.2, 0) is 17.8 Å². The van der Waals surface area contributed by atoms with Gasteiger partial charge in [0.15, 0.2) is 0 Å². The van der Waals surface area contributed by atoms with E-state index in [2.05, 4.69) is 33.0 Å². The van der Waals surface area contributed by atoms with E-state index in [1.54, 1.807) is 0 Å². The summed E-state index contributed by atoms with van der Waals surface area (Å²) in [7, 11) is 0. The van der Waals surface area contributed by atoms with Crippen LogP contribution in [-0.4, -0.2) is 17.6 Å². The van der Waals surface area contributed by atoms with Crippen molar-refractivity contribution in [1.82, 2.24) is 5.32 Å². The molecule has 0 aliphatic rings. The van der Waals surface area contributed by atoms with Crippen molar-refractivity contribution in [2.75, 3.05) is 6.54 Å². The third-order valence-electron chi connectivity index (χ3n) is 3.70. The molecule has 3 heteroatoms. The number of hydrogen-bond acceptors (Lipinski definition) is 2. The lowest BCUT2D eigenvalue weighted by Crippen LogP contribution is -2.29. The number of carboxylic acid groups (broad SMARTS) is 1. The van der Waals surface area contributed by atoms with Gasteiger partial charge in [-0.25, -0.2) is 0 Å². The molecule has 106 valence electrons. The average molecular weight is 263 g/mol. The van der Waals surface area contributed by atoms with Gasteiger partial charge in [-0.05, 0) is 29.0 Å². The summed E-state index contributed by atoms with van der Waals surface area (Å²) in [4.78, 5) is 10.8. The van der Waals surface area contributed by atoms with Crippen LogP contribution in [0, 0.1) is 11.3 Å². The minimum Gasteiger partial charge on any atom is -0.481 e. The van der Waals surface area contributed by atoms with Gasteiger partial charge in [-0.1, -0.05) is 52.0 Å². The predicted octanol–water partition coefficient (Wildman–Crippen LogP) is 3.09. The Morgan fingerprint density at radius 2 is 1.84 bits per heavy atom. The average Bonchev–Trinajstić information content (AvgIpc) is 2.29. The Bertz CT molecular complexity index is 421. The lowest BCUT2D eigenvalue weighted by atomic mass is 9.82. The topological polar surface area (TPSA) is 49.3 Å². The molecule has 0 saturated carbocycles. The number of carboxylic acids is 1. The number of hydrogen-bond donors (Lipinski definition) is 2. The summed E-state index contributed by atoms with van der Waals surface area (Å²) >= 11 is 0. The Balaban J connectivity index is 2.56. The van der Waals surface area contributed by atoms with Gasteiger partial charge in [0, 0.05) is 6.54 Å². The Kier molecular flexibility index (Phi) is 5.55. The Morgan fingerprint density at radius 1 is 1.26 bits per heavy atom. The SMILES string of the molecule is CC(CNCc1ccccc1CC(=O)O)C(C)(C)C. The molecule has 0 radical (unpaired) electrons. The highest BCUT2D eigenvalue weighted by molar-refractivity contribution is 5.70. The highest BCUT2D eigenvalue weighted by atomic mass is 16.4. The maximum absolute atomic E-state index is 10.8. The molecule has 0 aliphatic heterocycles. The maximum atomic E-state index is 10.8. The Morgan fingerprint density at radius 3 is 2.37 bits per heavy atom. The number of carbonyl (C=O) groups is 1. The summed E-state index contributed by atoms with van der Waals surface area (Å²) in [5.41, 5.74) is 2.25. The summed E-state index contributed by atoms with van der Waals surface area (Å²) in [6, 6.07) is 7.72. The van der Waals surface area contributed by atoms with Crippen LogP contribution in [0.2, 0.25) is 0 Å². The molecule has 0 heterocycles. The molecule has 0 aromatic heterocycles. The van der Waals surface area contributed by atoms with Crippen molar-refractivity contribution >= 4 is 5.97 Å². The van der Waals surface area contributed by atoms with Gasteiger partial charge < -0.3 is 10.4 Å². The minimum atomic E-state index is -0.782. The van der Waals surface area contributed by atoms with Crippen LogP contribution in [0.4, 0.5) is 0 Å². The first kappa shape index (κ1) is 15.7. The van der Waals surface area contributed by atoms with Gasteiger partial charge in [0.1, 0.15) is 0 Å². The molecule has 0 spiro atoms. The van der Waals surface area contributed by atoms with E-state index in [4.69, 9.17) is 5.11 Å².